The second-order valence-electron chi connectivity index (χ2n) is 6.61. The van der Waals surface area contributed by atoms with Crippen LogP contribution in [0.2, 0.25) is 0 Å². The normalized spacial score (nSPS) is 15.1. The lowest BCUT2D eigenvalue weighted by atomic mass is 10.2. The van der Waals surface area contributed by atoms with Crippen molar-refractivity contribution in [2.45, 2.75) is 24.5 Å². The number of nitrogens with zero attached hydrogens (tertiary/aromatic N) is 1. The van der Waals surface area contributed by atoms with E-state index in [1.54, 1.807) is 12.1 Å². The summed E-state index contributed by atoms with van der Waals surface area (Å²) in [6.07, 6.45) is 2.88. The lowest BCUT2D eigenvalue weighted by molar-refractivity contribution is -0.153. The third-order valence-corrected chi connectivity index (χ3v) is 5.80. The van der Waals surface area contributed by atoms with Crippen molar-refractivity contribution in [3.8, 4) is 0 Å². The first-order chi connectivity index (χ1) is 14.8. The van der Waals surface area contributed by atoms with Crippen molar-refractivity contribution in [3.63, 3.8) is 0 Å². The maximum absolute atomic E-state index is 12.3. The second kappa shape index (κ2) is 9.58. The average Bonchev–Trinajstić information content (AvgIpc) is 3.42. The summed E-state index contributed by atoms with van der Waals surface area (Å²) in [6, 6.07) is 8.64. The van der Waals surface area contributed by atoms with Gasteiger partial charge in [0, 0.05) is 19.2 Å². The van der Waals surface area contributed by atoms with Crippen LogP contribution >= 0.6 is 0 Å². The fourth-order valence-corrected chi connectivity index (χ4v) is 3.74. The molecular formula is C20H21N3O7S. The molecule has 0 spiro atoms. The van der Waals surface area contributed by atoms with E-state index in [-0.39, 0.29) is 18.0 Å². The number of ether oxygens (including phenoxy) is 1. The molecule has 31 heavy (non-hydrogen) atoms. The Kier molecular flexibility index (Phi) is 6.88. The van der Waals surface area contributed by atoms with Gasteiger partial charge in [0.15, 0.2) is 6.10 Å². The number of urea groups is 1. The van der Waals surface area contributed by atoms with Crippen LogP contribution in [-0.4, -0.2) is 50.4 Å². The van der Waals surface area contributed by atoms with Crippen LogP contribution in [0.15, 0.2) is 58.1 Å². The number of carbonyl (C=O) groups is 3. The van der Waals surface area contributed by atoms with Crippen molar-refractivity contribution in [1.29, 1.82) is 0 Å². The van der Waals surface area contributed by atoms with E-state index in [0.717, 1.165) is 11.0 Å². The van der Waals surface area contributed by atoms with Gasteiger partial charge in [-0.15, -0.1) is 0 Å². The fourth-order valence-electron chi connectivity index (χ4n) is 2.75. The number of carbonyl (C=O) groups excluding carboxylic acids is 3. The van der Waals surface area contributed by atoms with Crippen LogP contribution in [0.3, 0.4) is 0 Å². The molecule has 1 aromatic carbocycles. The molecular weight excluding hydrogens is 426 g/mol. The molecule has 3 amide bonds. The Labute approximate surface area is 178 Å². The Morgan fingerprint density at radius 3 is 2.65 bits per heavy atom. The summed E-state index contributed by atoms with van der Waals surface area (Å²) in [6.45, 7) is 1.99. The quantitative estimate of drug-likeness (QED) is 0.459. The molecule has 1 aromatic heterocycles. The van der Waals surface area contributed by atoms with Crippen LogP contribution in [-0.2, 0) is 30.9 Å². The number of furan rings is 1. The van der Waals surface area contributed by atoms with Crippen LogP contribution in [0.5, 0.6) is 0 Å². The highest BCUT2D eigenvalue weighted by Gasteiger charge is 2.31. The van der Waals surface area contributed by atoms with Crippen LogP contribution < -0.4 is 10.0 Å². The monoisotopic (exact) mass is 447 g/mol. The van der Waals surface area contributed by atoms with Gasteiger partial charge in [0.2, 0.25) is 10.0 Å². The second-order valence-corrected chi connectivity index (χ2v) is 8.37. The van der Waals surface area contributed by atoms with Gasteiger partial charge < -0.3 is 14.5 Å². The molecule has 2 aromatic rings. The number of benzene rings is 1. The Hall–Kier alpha value is -3.44. The first-order valence-electron chi connectivity index (χ1n) is 9.36. The number of amides is 3. The standard InChI is InChI=1S/C20H21N3O7S/c1-14(19(25)23-11-10-21-20(23)26)30-18(24)9-6-15-4-7-17(8-5-15)31(27,28)22-13-16-3-2-12-29-16/h2-9,12,14,22H,10-11,13H2,1H3,(H,21,26)/b9-6+. The van der Waals surface area contributed by atoms with Crippen molar-refractivity contribution in [2.75, 3.05) is 13.1 Å². The molecule has 2 heterocycles. The molecule has 1 saturated heterocycles. The summed E-state index contributed by atoms with van der Waals surface area (Å²) >= 11 is 0. The molecule has 1 aliphatic rings. The zero-order valence-electron chi connectivity index (χ0n) is 16.6. The number of rotatable bonds is 8. The molecule has 1 unspecified atom stereocenters. The minimum atomic E-state index is -3.72. The summed E-state index contributed by atoms with van der Waals surface area (Å²) < 4.78 is 37.2. The van der Waals surface area contributed by atoms with E-state index in [1.165, 1.54) is 43.5 Å². The topological polar surface area (TPSA) is 135 Å². The Morgan fingerprint density at radius 1 is 1.29 bits per heavy atom. The summed E-state index contributed by atoms with van der Waals surface area (Å²) in [4.78, 5) is 36.6. The van der Waals surface area contributed by atoms with Crippen molar-refractivity contribution in [3.05, 3.63) is 60.1 Å². The highest BCUT2D eigenvalue weighted by molar-refractivity contribution is 7.89. The molecule has 0 radical (unpaired) electrons. The van der Waals surface area contributed by atoms with Crippen molar-refractivity contribution in [1.82, 2.24) is 14.9 Å². The van der Waals surface area contributed by atoms with Crippen LogP contribution in [0.25, 0.3) is 6.08 Å². The SMILES string of the molecule is CC(OC(=O)/C=C/c1ccc(S(=O)(=O)NCc2ccco2)cc1)C(=O)N1CCNC1=O. The predicted molar refractivity (Wildman–Crippen MR) is 109 cm³/mol. The zero-order chi connectivity index (χ0) is 22.4. The molecule has 0 saturated carbocycles. The first kappa shape index (κ1) is 22.2. The van der Waals surface area contributed by atoms with Gasteiger partial charge in [0.25, 0.3) is 5.91 Å². The zero-order valence-corrected chi connectivity index (χ0v) is 17.4. The van der Waals surface area contributed by atoms with E-state index in [0.29, 0.717) is 17.9 Å². The number of sulfonamides is 1. The van der Waals surface area contributed by atoms with Crippen molar-refractivity contribution >= 4 is 34.0 Å². The maximum atomic E-state index is 12.3. The molecule has 0 aliphatic carbocycles. The molecule has 0 bridgehead atoms. The van der Waals surface area contributed by atoms with Crippen LogP contribution in [0.1, 0.15) is 18.2 Å². The molecule has 10 nitrogen and oxygen atoms in total. The van der Waals surface area contributed by atoms with Gasteiger partial charge in [-0.1, -0.05) is 12.1 Å². The lowest BCUT2D eigenvalue weighted by Gasteiger charge is -2.17. The van der Waals surface area contributed by atoms with Gasteiger partial charge in [0.05, 0.1) is 17.7 Å². The van der Waals surface area contributed by atoms with Gasteiger partial charge in [-0.3, -0.25) is 9.69 Å². The smallest absolute Gasteiger partial charge is 0.331 e. The average molecular weight is 447 g/mol. The molecule has 3 rings (SSSR count). The van der Waals surface area contributed by atoms with Crippen LogP contribution in [0.4, 0.5) is 4.79 Å². The lowest BCUT2D eigenvalue weighted by Crippen LogP contribution is -2.41. The highest BCUT2D eigenvalue weighted by atomic mass is 32.2. The van der Waals surface area contributed by atoms with E-state index >= 15 is 0 Å². The van der Waals surface area contributed by atoms with Gasteiger partial charge in [-0.25, -0.2) is 22.7 Å². The minimum absolute atomic E-state index is 0.0266. The Bertz CT molecular complexity index is 1080. The third kappa shape index (κ3) is 5.80. The predicted octanol–water partition coefficient (Wildman–Crippen LogP) is 1.25. The van der Waals surface area contributed by atoms with Gasteiger partial charge in [0.1, 0.15) is 5.76 Å². The van der Waals surface area contributed by atoms with E-state index in [1.807, 2.05) is 0 Å². The maximum Gasteiger partial charge on any atom is 0.331 e. The number of hydrogen-bond donors (Lipinski definition) is 2. The molecule has 11 heteroatoms. The van der Waals surface area contributed by atoms with E-state index < -0.39 is 34.0 Å². The van der Waals surface area contributed by atoms with Gasteiger partial charge >= 0.3 is 12.0 Å². The van der Waals surface area contributed by atoms with E-state index in [9.17, 15) is 22.8 Å². The molecule has 164 valence electrons. The first-order valence-corrected chi connectivity index (χ1v) is 10.8. The summed E-state index contributed by atoms with van der Waals surface area (Å²) in [5.41, 5.74) is 0.555. The largest absolute Gasteiger partial charge is 0.468 e. The summed E-state index contributed by atoms with van der Waals surface area (Å²) in [7, 11) is -3.72. The molecule has 1 fully saturated rings. The number of hydrogen-bond acceptors (Lipinski definition) is 7. The van der Waals surface area contributed by atoms with E-state index in [4.69, 9.17) is 9.15 Å². The third-order valence-electron chi connectivity index (χ3n) is 4.38. The molecule has 1 aliphatic heterocycles. The summed E-state index contributed by atoms with van der Waals surface area (Å²) in [5.74, 6) is -0.884. The molecule has 1 atom stereocenters. The molecule has 2 N–H and O–H groups in total. The number of nitrogens with one attached hydrogen (secondary N) is 2. The highest BCUT2D eigenvalue weighted by Crippen LogP contribution is 2.13. The van der Waals surface area contributed by atoms with Gasteiger partial charge in [-0.2, -0.15) is 0 Å². The van der Waals surface area contributed by atoms with Crippen molar-refractivity contribution in [2.24, 2.45) is 0 Å². The Morgan fingerprint density at radius 2 is 2.03 bits per heavy atom. The van der Waals surface area contributed by atoms with Gasteiger partial charge in [-0.05, 0) is 42.8 Å². The summed E-state index contributed by atoms with van der Waals surface area (Å²) in [5, 5.41) is 2.50. The number of esters is 1. The van der Waals surface area contributed by atoms with Crippen LogP contribution in [0, 0.1) is 0 Å². The fraction of sp³-hybridized carbons (Fsp3) is 0.250. The Balaban J connectivity index is 1.54. The minimum Gasteiger partial charge on any atom is -0.468 e. The van der Waals surface area contributed by atoms with Crippen molar-refractivity contribution < 1.29 is 32.0 Å². The number of imide groups is 1. The van der Waals surface area contributed by atoms with E-state index in [2.05, 4.69) is 10.0 Å².